The van der Waals surface area contributed by atoms with Crippen molar-refractivity contribution in [3.8, 4) is 11.5 Å². The third kappa shape index (κ3) is 2.55. The van der Waals surface area contributed by atoms with E-state index >= 15 is 0 Å². The Morgan fingerprint density at radius 1 is 1.00 bits per heavy atom. The average molecular weight is 352 g/mol. The molecule has 0 spiro atoms. The van der Waals surface area contributed by atoms with Gasteiger partial charge in [-0.15, -0.1) is 0 Å². The van der Waals surface area contributed by atoms with Crippen LogP contribution >= 0.6 is 0 Å². The number of fused-ring (bicyclic) bond motifs is 2. The highest BCUT2D eigenvalue weighted by atomic mass is 16.7. The van der Waals surface area contributed by atoms with Crippen LogP contribution in [-0.2, 0) is 12.8 Å². The number of benzene rings is 1. The zero-order valence-electron chi connectivity index (χ0n) is 14.5. The molecule has 0 radical (unpaired) electrons. The molecule has 26 heavy (non-hydrogen) atoms. The van der Waals surface area contributed by atoms with Crippen LogP contribution in [-0.4, -0.2) is 53.7 Å². The van der Waals surface area contributed by atoms with Crippen molar-refractivity contribution in [1.29, 1.82) is 0 Å². The average Bonchev–Trinajstić information content (AvgIpc) is 3.35. The van der Waals surface area contributed by atoms with Gasteiger partial charge in [-0.1, -0.05) is 0 Å². The number of carbonyl (C=O) groups is 1. The molecule has 0 N–H and O–H groups in total. The topological polar surface area (TPSA) is 67.8 Å². The Morgan fingerprint density at radius 2 is 1.85 bits per heavy atom. The monoisotopic (exact) mass is 352 g/mol. The number of amides is 1. The van der Waals surface area contributed by atoms with Crippen molar-refractivity contribution in [2.24, 2.45) is 0 Å². The SMILES string of the molecule is O=C(c1ccc2c(c1)OCO2)N1CCN(c2ncnc3c2CCC3)CC1. The molecule has 7 nitrogen and oxygen atoms in total. The van der Waals surface area contributed by atoms with E-state index in [1.54, 1.807) is 24.5 Å². The van der Waals surface area contributed by atoms with Crippen molar-refractivity contribution < 1.29 is 14.3 Å². The maximum absolute atomic E-state index is 12.8. The second-order valence-electron chi connectivity index (χ2n) is 6.82. The number of rotatable bonds is 2. The molecule has 1 aromatic carbocycles. The van der Waals surface area contributed by atoms with Crippen LogP contribution in [0.4, 0.5) is 5.82 Å². The number of aromatic nitrogens is 2. The first-order chi connectivity index (χ1) is 12.8. The second-order valence-corrected chi connectivity index (χ2v) is 6.82. The number of anilines is 1. The van der Waals surface area contributed by atoms with E-state index in [4.69, 9.17) is 9.47 Å². The quantitative estimate of drug-likeness (QED) is 0.819. The molecular formula is C19H20N4O3. The maximum atomic E-state index is 12.8. The Kier molecular flexibility index (Phi) is 3.65. The van der Waals surface area contributed by atoms with Gasteiger partial charge in [-0.2, -0.15) is 0 Å². The number of hydrogen-bond donors (Lipinski definition) is 0. The Bertz CT molecular complexity index is 862. The first-order valence-corrected chi connectivity index (χ1v) is 9.06. The van der Waals surface area contributed by atoms with Gasteiger partial charge in [-0.3, -0.25) is 4.79 Å². The highest BCUT2D eigenvalue weighted by Crippen LogP contribution is 2.33. The lowest BCUT2D eigenvalue weighted by atomic mass is 10.1. The molecule has 7 heteroatoms. The first-order valence-electron chi connectivity index (χ1n) is 9.06. The zero-order chi connectivity index (χ0) is 17.5. The summed E-state index contributed by atoms with van der Waals surface area (Å²) in [5.74, 6) is 2.44. The van der Waals surface area contributed by atoms with Crippen molar-refractivity contribution >= 4 is 11.7 Å². The van der Waals surface area contributed by atoms with Crippen LogP contribution in [0.5, 0.6) is 11.5 Å². The van der Waals surface area contributed by atoms with E-state index in [1.165, 1.54) is 11.3 Å². The predicted octanol–water partition coefficient (Wildman–Crippen LogP) is 1.66. The third-order valence-corrected chi connectivity index (χ3v) is 5.34. The number of piperazine rings is 1. The summed E-state index contributed by atoms with van der Waals surface area (Å²) in [5.41, 5.74) is 3.13. The van der Waals surface area contributed by atoms with Gasteiger partial charge < -0.3 is 19.3 Å². The highest BCUT2D eigenvalue weighted by Gasteiger charge is 2.27. The predicted molar refractivity (Wildman–Crippen MR) is 94.7 cm³/mol. The van der Waals surface area contributed by atoms with Gasteiger partial charge in [0.1, 0.15) is 12.1 Å². The van der Waals surface area contributed by atoms with E-state index in [2.05, 4.69) is 14.9 Å². The van der Waals surface area contributed by atoms with Crippen LogP contribution in [0.15, 0.2) is 24.5 Å². The minimum Gasteiger partial charge on any atom is -0.454 e. The van der Waals surface area contributed by atoms with Gasteiger partial charge in [0.25, 0.3) is 5.91 Å². The molecule has 5 rings (SSSR count). The lowest BCUT2D eigenvalue weighted by Crippen LogP contribution is -2.49. The molecular weight excluding hydrogens is 332 g/mol. The lowest BCUT2D eigenvalue weighted by molar-refractivity contribution is 0.0746. The van der Waals surface area contributed by atoms with Gasteiger partial charge in [0, 0.05) is 43.0 Å². The van der Waals surface area contributed by atoms with Gasteiger partial charge >= 0.3 is 0 Å². The highest BCUT2D eigenvalue weighted by molar-refractivity contribution is 5.95. The number of aryl methyl sites for hydroxylation is 1. The van der Waals surface area contributed by atoms with E-state index in [0.717, 1.165) is 38.2 Å². The van der Waals surface area contributed by atoms with Crippen LogP contribution in [0, 0.1) is 0 Å². The molecule has 134 valence electrons. The molecule has 1 saturated heterocycles. The molecule has 0 bridgehead atoms. The molecule has 0 atom stereocenters. The van der Waals surface area contributed by atoms with Crippen molar-refractivity contribution in [1.82, 2.24) is 14.9 Å². The lowest BCUT2D eigenvalue weighted by Gasteiger charge is -2.36. The van der Waals surface area contributed by atoms with E-state index in [-0.39, 0.29) is 12.7 Å². The van der Waals surface area contributed by atoms with Crippen molar-refractivity contribution in [3.63, 3.8) is 0 Å². The Morgan fingerprint density at radius 3 is 2.73 bits per heavy atom. The Balaban J connectivity index is 1.29. The van der Waals surface area contributed by atoms with Crippen LogP contribution in [0.2, 0.25) is 0 Å². The van der Waals surface area contributed by atoms with Gasteiger partial charge in [-0.25, -0.2) is 9.97 Å². The van der Waals surface area contributed by atoms with Crippen LogP contribution in [0.1, 0.15) is 28.0 Å². The molecule has 1 aromatic heterocycles. The van der Waals surface area contributed by atoms with Crippen molar-refractivity contribution in [2.45, 2.75) is 19.3 Å². The van der Waals surface area contributed by atoms with E-state index in [9.17, 15) is 4.79 Å². The minimum atomic E-state index is 0.0378. The van der Waals surface area contributed by atoms with Gasteiger partial charge in [0.2, 0.25) is 6.79 Å². The molecule has 0 unspecified atom stereocenters. The molecule has 1 fully saturated rings. The second kappa shape index (κ2) is 6.16. The summed E-state index contributed by atoms with van der Waals surface area (Å²) in [5, 5.41) is 0. The third-order valence-electron chi connectivity index (χ3n) is 5.34. The number of hydrogen-bond acceptors (Lipinski definition) is 6. The molecule has 0 saturated carbocycles. The zero-order valence-corrected chi connectivity index (χ0v) is 14.5. The fraction of sp³-hybridized carbons (Fsp3) is 0.421. The van der Waals surface area contributed by atoms with Gasteiger partial charge in [0.15, 0.2) is 11.5 Å². The normalized spacial score (nSPS) is 18.2. The standard InChI is InChI=1S/C19H20N4O3/c24-19(13-4-5-16-17(10-13)26-12-25-16)23-8-6-22(7-9-23)18-14-2-1-3-15(14)20-11-21-18/h4-5,10-11H,1-3,6-9,12H2. The maximum Gasteiger partial charge on any atom is 0.254 e. The summed E-state index contributed by atoms with van der Waals surface area (Å²) >= 11 is 0. The molecule has 1 amide bonds. The Hall–Kier alpha value is -2.83. The van der Waals surface area contributed by atoms with Crippen molar-refractivity contribution in [3.05, 3.63) is 41.3 Å². The minimum absolute atomic E-state index is 0.0378. The fourth-order valence-electron chi connectivity index (χ4n) is 3.95. The van der Waals surface area contributed by atoms with Gasteiger partial charge in [0.05, 0.1) is 0 Å². The summed E-state index contributed by atoms with van der Waals surface area (Å²) in [6, 6.07) is 5.38. The van der Waals surface area contributed by atoms with E-state index < -0.39 is 0 Å². The van der Waals surface area contributed by atoms with Crippen molar-refractivity contribution in [2.75, 3.05) is 37.9 Å². The first kappa shape index (κ1) is 15.4. The summed E-state index contributed by atoms with van der Waals surface area (Å²) in [6.45, 7) is 3.17. The van der Waals surface area contributed by atoms with E-state index in [1.807, 2.05) is 4.90 Å². The summed E-state index contributed by atoms with van der Waals surface area (Å²) in [7, 11) is 0. The number of carbonyl (C=O) groups excluding carboxylic acids is 1. The molecule has 3 heterocycles. The summed E-state index contributed by atoms with van der Waals surface area (Å²) < 4.78 is 10.7. The van der Waals surface area contributed by atoms with Crippen LogP contribution in [0.25, 0.3) is 0 Å². The molecule has 1 aliphatic carbocycles. The molecule has 3 aliphatic rings. The summed E-state index contributed by atoms with van der Waals surface area (Å²) in [4.78, 5) is 25.9. The summed E-state index contributed by atoms with van der Waals surface area (Å²) in [6.07, 6.45) is 4.93. The number of ether oxygens (including phenoxy) is 2. The Labute approximate surface area is 151 Å². The smallest absolute Gasteiger partial charge is 0.254 e. The number of nitrogens with zero attached hydrogens (tertiary/aromatic N) is 4. The van der Waals surface area contributed by atoms with E-state index in [0.29, 0.717) is 30.2 Å². The van der Waals surface area contributed by atoms with Crippen LogP contribution < -0.4 is 14.4 Å². The van der Waals surface area contributed by atoms with Gasteiger partial charge in [-0.05, 0) is 37.5 Å². The van der Waals surface area contributed by atoms with Crippen LogP contribution in [0.3, 0.4) is 0 Å². The molecule has 2 aromatic rings. The largest absolute Gasteiger partial charge is 0.454 e. The molecule has 2 aliphatic heterocycles. The fourth-order valence-corrected chi connectivity index (χ4v) is 3.95.